The van der Waals surface area contributed by atoms with Gasteiger partial charge in [-0.15, -0.1) is 0 Å². The molecule has 3 nitrogen and oxygen atoms in total. The van der Waals surface area contributed by atoms with Gasteiger partial charge in [0.15, 0.2) is 5.78 Å². The zero-order valence-electron chi connectivity index (χ0n) is 20.3. The van der Waals surface area contributed by atoms with Crippen molar-refractivity contribution < 1.29 is 14.3 Å². The fourth-order valence-electron chi connectivity index (χ4n) is 3.94. The van der Waals surface area contributed by atoms with Crippen molar-refractivity contribution in [2.45, 2.75) is 51.7 Å². The summed E-state index contributed by atoms with van der Waals surface area (Å²) in [5.74, 6) is 1.29. The molecule has 0 amide bonds. The van der Waals surface area contributed by atoms with E-state index in [-0.39, 0.29) is 5.78 Å². The number of ether oxygens (including phenoxy) is 2. The summed E-state index contributed by atoms with van der Waals surface area (Å²) in [6, 6.07) is 25.5. The molecule has 0 spiro atoms. The first-order chi connectivity index (χ1) is 16.3. The van der Waals surface area contributed by atoms with Gasteiger partial charge in [-0.1, -0.05) is 88.4 Å². The number of rotatable bonds is 8. The normalized spacial score (nSPS) is 14.7. The fraction of sp³-hybridized carbons (Fsp3) is 0.258. The quantitative estimate of drug-likeness (QED) is 0.258. The molecule has 0 unspecified atom stereocenters. The molecule has 0 N–H and O–H groups in total. The lowest BCUT2D eigenvalue weighted by atomic mass is 9.95. The Balaban J connectivity index is 1.60. The van der Waals surface area contributed by atoms with E-state index < -0.39 is 5.79 Å². The molecule has 0 heterocycles. The van der Waals surface area contributed by atoms with Gasteiger partial charge in [-0.2, -0.15) is 0 Å². The lowest BCUT2D eigenvalue weighted by Gasteiger charge is -2.33. The highest BCUT2D eigenvalue weighted by Crippen LogP contribution is 2.33. The summed E-state index contributed by atoms with van der Waals surface area (Å²) < 4.78 is 12.9. The summed E-state index contributed by atoms with van der Waals surface area (Å²) in [5.41, 5.74) is 3.81. The van der Waals surface area contributed by atoms with Crippen molar-refractivity contribution >= 4 is 5.78 Å². The molecule has 0 saturated carbocycles. The summed E-state index contributed by atoms with van der Waals surface area (Å²) in [7, 11) is 0. The van der Waals surface area contributed by atoms with Crippen LogP contribution in [0.1, 0.15) is 67.4 Å². The zero-order valence-corrected chi connectivity index (χ0v) is 20.3. The van der Waals surface area contributed by atoms with Crippen LogP contribution >= 0.6 is 0 Å². The first-order valence-corrected chi connectivity index (χ1v) is 11.9. The maximum Gasteiger partial charge on any atom is 0.274 e. The number of benzene rings is 3. The predicted octanol–water partition coefficient (Wildman–Crippen LogP) is 7.86. The average Bonchev–Trinajstić information content (AvgIpc) is 2.85. The smallest absolute Gasteiger partial charge is 0.274 e. The average molecular weight is 453 g/mol. The van der Waals surface area contributed by atoms with Crippen molar-refractivity contribution in [2.24, 2.45) is 0 Å². The van der Waals surface area contributed by atoms with Gasteiger partial charge in [-0.05, 0) is 53.3 Å². The zero-order chi connectivity index (χ0) is 24.1. The van der Waals surface area contributed by atoms with Gasteiger partial charge < -0.3 is 9.47 Å². The van der Waals surface area contributed by atoms with Crippen molar-refractivity contribution in [1.82, 2.24) is 0 Å². The Morgan fingerprint density at radius 2 is 1.24 bits per heavy atom. The molecule has 0 aromatic heterocycles. The molecule has 174 valence electrons. The van der Waals surface area contributed by atoms with Crippen LogP contribution in [0.5, 0.6) is 11.5 Å². The molecule has 34 heavy (non-hydrogen) atoms. The van der Waals surface area contributed by atoms with Gasteiger partial charge in [-0.3, -0.25) is 4.79 Å². The van der Waals surface area contributed by atoms with Crippen LogP contribution in [0.2, 0.25) is 0 Å². The molecule has 3 aromatic carbocycles. The minimum Gasteiger partial charge on any atom is -0.448 e. The molecule has 0 fully saturated rings. The van der Waals surface area contributed by atoms with Gasteiger partial charge in [0.2, 0.25) is 0 Å². The minimum absolute atomic E-state index is 0.00646. The van der Waals surface area contributed by atoms with E-state index in [1.165, 1.54) is 11.1 Å². The molecule has 1 aliphatic carbocycles. The van der Waals surface area contributed by atoms with Crippen molar-refractivity contribution in [3.63, 3.8) is 0 Å². The third-order valence-electron chi connectivity index (χ3n) is 6.10. The third-order valence-corrected chi connectivity index (χ3v) is 6.10. The monoisotopic (exact) mass is 452 g/mol. The highest BCUT2D eigenvalue weighted by Gasteiger charge is 2.34. The molecule has 0 atom stereocenters. The molecule has 3 heteroatoms. The Kier molecular flexibility index (Phi) is 7.02. The molecule has 0 radical (unpaired) electrons. The van der Waals surface area contributed by atoms with Crippen LogP contribution in [0.4, 0.5) is 0 Å². The topological polar surface area (TPSA) is 35.5 Å². The largest absolute Gasteiger partial charge is 0.448 e. The van der Waals surface area contributed by atoms with Gasteiger partial charge in [0.05, 0.1) is 0 Å². The summed E-state index contributed by atoms with van der Waals surface area (Å²) in [4.78, 5) is 12.9. The number of ketones is 1. The van der Waals surface area contributed by atoms with Gasteiger partial charge in [-0.25, -0.2) is 0 Å². The van der Waals surface area contributed by atoms with Gasteiger partial charge >= 0.3 is 0 Å². The van der Waals surface area contributed by atoms with Crippen LogP contribution in [0.3, 0.4) is 0 Å². The summed E-state index contributed by atoms with van der Waals surface area (Å²) in [5, 5.41) is 0. The Hall–Kier alpha value is -3.59. The Bertz CT molecular complexity index is 1110. The van der Waals surface area contributed by atoms with Crippen molar-refractivity contribution in [2.75, 3.05) is 0 Å². The van der Waals surface area contributed by atoms with Crippen LogP contribution < -0.4 is 9.47 Å². The van der Waals surface area contributed by atoms with Crippen LogP contribution in [-0.2, 0) is 0 Å². The SMILES string of the molecule is CC(C)c1ccc(OC2(Oc3ccc(C(C)C)cc3)C=CC(C(=O)c3ccccc3)=CC2)cc1. The summed E-state index contributed by atoms with van der Waals surface area (Å²) in [6.45, 7) is 8.67. The van der Waals surface area contributed by atoms with Crippen molar-refractivity contribution in [1.29, 1.82) is 0 Å². The highest BCUT2D eigenvalue weighted by molar-refractivity contribution is 6.10. The molecule has 1 aliphatic rings. The summed E-state index contributed by atoms with van der Waals surface area (Å²) in [6.07, 6.45) is 5.98. The van der Waals surface area contributed by atoms with E-state index in [4.69, 9.17) is 9.47 Å². The lowest BCUT2D eigenvalue weighted by Crippen LogP contribution is -2.41. The molecule has 0 bridgehead atoms. The second kappa shape index (κ2) is 10.1. The van der Waals surface area contributed by atoms with E-state index in [2.05, 4.69) is 52.0 Å². The number of hydrogen-bond acceptors (Lipinski definition) is 3. The van der Waals surface area contributed by atoms with Crippen LogP contribution in [0, 0.1) is 0 Å². The molecule has 3 aromatic rings. The number of carbonyl (C=O) groups excluding carboxylic acids is 1. The second-order valence-corrected chi connectivity index (χ2v) is 9.36. The summed E-state index contributed by atoms with van der Waals surface area (Å²) >= 11 is 0. The van der Waals surface area contributed by atoms with Gasteiger partial charge in [0.1, 0.15) is 11.5 Å². The first-order valence-electron chi connectivity index (χ1n) is 11.9. The molecule has 4 rings (SSSR count). The maximum absolute atomic E-state index is 12.9. The highest BCUT2D eigenvalue weighted by atomic mass is 16.7. The second-order valence-electron chi connectivity index (χ2n) is 9.36. The third kappa shape index (κ3) is 5.48. The molecular formula is C31H32O3. The van der Waals surface area contributed by atoms with Gasteiger partial charge in [0.25, 0.3) is 5.79 Å². The number of carbonyl (C=O) groups is 1. The molecule has 0 aliphatic heterocycles. The Morgan fingerprint density at radius 3 is 1.65 bits per heavy atom. The number of Topliss-reactive ketones (excluding diaryl/α,β-unsaturated/α-hetero) is 1. The van der Waals surface area contributed by atoms with E-state index >= 15 is 0 Å². The van der Waals surface area contributed by atoms with E-state index in [0.29, 0.717) is 29.4 Å². The predicted molar refractivity (Wildman–Crippen MR) is 138 cm³/mol. The first kappa shape index (κ1) is 23.6. The number of hydrogen-bond donors (Lipinski definition) is 0. The van der Waals surface area contributed by atoms with Crippen LogP contribution in [0.25, 0.3) is 0 Å². The fourth-order valence-corrected chi connectivity index (χ4v) is 3.94. The molecular weight excluding hydrogens is 420 g/mol. The standard InChI is InChI=1S/C31H32O3/c1-22(2)24-10-14-28(15-11-24)33-31(34-29-16-12-25(13-17-29)23(3)4)20-18-27(19-21-31)30(32)26-8-6-5-7-9-26/h5-20,22-23H,21H2,1-4H3. The van der Waals surface area contributed by atoms with E-state index in [1.807, 2.05) is 72.8 Å². The van der Waals surface area contributed by atoms with E-state index in [9.17, 15) is 4.79 Å². The minimum atomic E-state index is -1.04. The Morgan fingerprint density at radius 1 is 0.735 bits per heavy atom. The Labute approximate surface area is 202 Å². The van der Waals surface area contributed by atoms with Crippen molar-refractivity contribution in [3.05, 3.63) is 119 Å². The van der Waals surface area contributed by atoms with Crippen molar-refractivity contribution in [3.8, 4) is 11.5 Å². The van der Waals surface area contributed by atoms with E-state index in [1.54, 1.807) is 0 Å². The van der Waals surface area contributed by atoms with Crippen LogP contribution in [0.15, 0.2) is 103 Å². The van der Waals surface area contributed by atoms with Crippen LogP contribution in [-0.4, -0.2) is 11.6 Å². The van der Waals surface area contributed by atoms with Gasteiger partial charge in [0, 0.05) is 23.6 Å². The lowest BCUT2D eigenvalue weighted by molar-refractivity contribution is -0.0689. The number of allylic oxidation sites excluding steroid dienone is 2. The molecule has 0 saturated heterocycles. The van der Waals surface area contributed by atoms with E-state index in [0.717, 1.165) is 11.5 Å². The maximum atomic E-state index is 12.9.